The number of hydrogen-bond donors (Lipinski definition) is 0. The summed E-state index contributed by atoms with van der Waals surface area (Å²) in [5.74, 6) is -0.379. The smallest absolute Gasteiger partial charge is 0.232 e. The maximum absolute atomic E-state index is 13.4. The zero-order valence-corrected chi connectivity index (χ0v) is 18.3. The lowest BCUT2D eigenvalue weighted by atomic mass is 9.69. The van der Waals surface area contributed by atoms with Crippen LogP contribution in [-0.2, 0) is 9.59 Å². The monoisotopic (exact) mass is 427 g/mol. The third kappa shape index (κ3) is 3.51. The van der Waals surface area contributed by atoms with Crippen LogP contribution in [0.15, 0.2) is 53.7 Å². The number of amides is 1. The average molecular weight is 428 g/mol. The van der Waals surface area contributed by atoms with Crippen LogP contribution in [0, 0.1) is 12.3 Å². The van der Waals surface area contributed by atoms with E-state index >= 15 is 0 Å². The molecule has 0 spiro atoms. The van der Waals surface area contributed by atoms with Crippen molar-refractivity contribution in [2.75, 3.05) is 4.90 Å². The fourth-order valence-corrected chi connectivity index (χ4v) is 5.26. The predicted octanol–water partition coefficient (Wildman–Crippen LogP) is 6.47. The van der Waals surface area contributed by atoms with E-state index in [0.717, 1.165) is 16.9 Å². The molecule has 0 saturated heterocycles. The number of para-hydroxylation sites is 1. The summed E-state index contributed by atoms with van der Waals surface area (Å²) in [7, 11) is 0. The van der Waals surface area contributed by atoms with Gasteiger partial charge in [-0.1, -0.05) is 61.3 Å². The van der Waals surface area contributed by atoms with Crippen LogP contribution >= 0.6 is 23.2 Å². The third-order valence-electron chi connectivity index (χ3n) is 5.85. The topological polar surface area (TPSA) is 37.4 Å². The molecular formula is C24H23Cl2NO2. The normalized spacial score (nSPS) is 21.4. The molecule has 4 rings (SSSR count). The molecule has 2 aliphatic rings. The summed E-state index contributed by atoms with van der Waals surface area (Å²) in [6, 6.07) is 13.1. The van der Waals surface area contributed by atoms with Crippen molar-refractivity contribution < 1.29 is 9.59 Å². The number of hydrogen-bond acceptors (Lipinski definition) is 2. The lowest BCUT2D eigenvalue weighted by Gasteiger charge is -2.43. The van der Waals surface area contributed by atoms with E-state index in [2.05, 4.69) is 13.8 Å². The van der Waals surface area contributed by atoms with Crippen molar-refractivity contribution in [3.63, 3.8) is 0 Å². The summed E-state index contributed by atoms with van der Waals surface area (Å²) >= 11 is 13.0. The van der Waals surface area contributed by atoms with Gasteiger partial charge in [-0.3, -0.25) is 14.5 Å². The lowest BCUT2D eigenvalue weighted by molar-refractivity contribution is -0.121. The average Bonchev–Trinajstić information content (AvgIpc) is 2.61. The molecule has 1 unspecified atom stereocenters. The van der Waals surface area contributed by atoms with Gasteiger partial charge in [0.2, 0.25) is 5.91 Å². The first-order valence-electron chi connectivity index (χ1n) is 9.78. The van der Waals surface area contributed by atoms with Crippen molar-refractivity contribution in [1.82, 2.24) is 0 Å². The minimum absolute atomic E-state index is 0.0375. The molecule has 0 aromatic heterocycles. The second-order valence-electron chi connectivity index (χ2n) is 8.71. The molecule has 0 saturated carbocycles. The number of aryl methyl sites for hydroxylation is 1. The van der Waals surface area contributed by atoms with Crippen LogP contribution in [0.2, 0.25) is 10.0 Å². The van der Waals surface area contributed by atoms with Crippen LogP contribution in [0.3, 0.4) is 0 Å². The largest absolute Gasteiger partial charge is 0.294 e. The molecule has 5 heteroatoms. The number of anilines is 1. The van der Waals surface area contributed by atoms with E-state index < -0.39 is 5.92 Å². The van der Waals surface area contributed by atoms with E-state index in [0.29, 0.717) is 34.0 Å². The summed E-state index contributed by atoms with van der Waals surface area (Å²) in [6.45, 7) is 6.12. The van der Waals surface area contributed by atoms with E-state index in [1.165, 1.54) is 0 Å². The lowest BCUT2D eigenvalue weighted by Crippen LogP contribution is -2.44. The van der Waals surface area contributed by atoms with Gasteiger partial charge in [-0.25, -0.2) is 0 Å². The first-order chi connectivity index (χ1) is 13.7. The number of carbonyl (C=O) groups is 2. The van der Waals surface area contributed by atoms with Crippen molar-refractivity contribution in [3.8, 4) is 0 Å². The third-order valence-corrected chi connectivity index (χ3v) is 6.51. The van der Waals surface area contributed by atoms with Gasteiger partial charge < -0.3 is 0 Å². The molecule has 0 N–H and O–H groups in total. The summed E-state index contributed by atoms with van der Waals surface area (Å²) in [4.78, 5) is 28.5. The van der Waals surface area contributed by atoms with Crippen LogP contribution < -0.4 is 4.90 Å². The van der Waals surface area contributed by atoms with Gasteiger partial charge in [0, 0.05) is 40.1 Å². The van der Waals surface area contributed by atoms with Crippen molar-refractivity contribution in [2.24, 2.45) is 5.41 Å². The molecule has 1 aliphatic heterocycles. The molecule has 0 fully saturated rings. The quantitative estimate of drug-likeness (QED) is 0.550. The van der Waals surface area contributed by atoms with Crippen LogP contribution in [0.1, 0.15) is 50.2 Å². The number of allylic oxidation sites excluding steroid dienone is 2. The molecule has 1 heterocycles. The number of halogens is 2. The van der Waals surface area contributed by atoms with Gasteiger partial charge in [0.15, 0.2) is 5.78 Å². The van der Waals surface area contributed by atoms with Crippen molar-refractivity contribution in [3.05, 3.63) is 74.9 Å². The van der Waals surface area contributed by atoms with E-state index in [4.69, 9.17) is 23.2 Å². The Kier molecular flexibility index (Phi) is 5.08. The minimum Gasteiger partial charge on any atom is -0.294 e. The molecule has 1 amide bonds. The second-order valence-corrected chi connectivity index (χ2v) is 9.52. The van der Waals surface area contributed by atoms with Crippen molar-refractivity contribution >= 4 is 40.6 Å². The van der Waals surface area contributed by atoms with Gasteiger partial charge in [0.1, 0.15) is 0 Å². The summed E-state index contributed by atoms with van der Waals surface area (Å²) in [6.07, 6.45) is 1.26. The Balaban J connectivity index is 1.97. The highest BCUT2D eigenvalue weighted by Crippen LogP contribution is 2.50. The summed E-state index contributed by atoms with van der Waals surface area (Å²) in [5.41, 5.74) is 3.76. The molecule has 1 aliphatic carbocycles. The molecule has 2 aromatic rings. The Hall–Kier alpha value is -2.10. The zero-order valence-electron chi connectivity index (χ0n) is 16.8. The van der Waals surface area contributed by atoms with Gasteiger partial charge in [-0.2, -0.15) is 0 Å². The van der Waals surface area contributed by atoms with E-state index in [1.807, 2.05) is 31.2 Å². The fourth-order valence-electron chi connectivity index (χ4n) is 4.60. The standard InChI is InChI=1S/C24H23Cl2NO2/c1-14-7-4-5-10-18(14)27-19-12-24(2,3)13-20(28)23(19)15(11-21(27)29)22-16(25)8-6-9-17(22)26/h4-10,15H,11-13H2,1-3H3. The van der Waals surface area contributed by atoms with E-state index in [-0.39, 0.29) is 23.5 Å². The van der Waals surface area contributed by atoms with Crippen molar-refractivity contribution in [2.45, 2.75) is 46.0 Å². The van der Waals surface area contributed by atoms with E-state index in [1.54, 1.807) is 23.1 Å². The minimum atomic E-state index is -0.414. The molecule has 29 heavy (non-hydrogen) atoms. The Morgan fingerprint density at radius 3 is 2.28 bits per heavy atom. The van der Waals surface area contributed by atoms with Gasteiger partial charge in [0.05, 0.1) is 5.69 Å². The van der Waals surface area contributed by atoms with Crippen molar-refractivity contribution in [1.29, 1.82) is 0 Å². The van der Waals surface area contributed by atoms with Gasteiger partial charge in [-0.15, -0.1) is 0 Å². The Morgan fingerprint density at radius 2 is 1.62 bits per heavy atom. The van der Waals surface area contributed by atoms with Crippen LogP contribution in [0.5, 0.6) is 0 Å². The maximum Gasteiger partial charge on any atom is 0.232 e. The number of rotatable bonds is 2. The first-order valence-corrected chi connectivity index (χ1v) is 10.5. The second kappa shape index (κ2) is 7.30. The number of benzene rings is 2. The number of nitrogens with zero attached hydrogens (tertiary/aromatic N) is 1. The SMILES string of the molecule is Cc1ccccc1N1C(=O)CC(c2c(Cl)cccc2Cl)C2=C1CC(C)(C)CC2=O. The zero-order chi connectivity index (χ0) is 20.9. The van der Waals surface area contributed by atoms with Crippen LogP contribution in [0.25, 0.3) is 0 Å². The molecule has 0 bridgehead atoms. The molecule has 1 atom stereocenters. The highest BCUT2D eigenvalue weighted by molar-refractivity contribution is 6.36. The van der Waals surface area contributed by atoms with Gasteiger partial charge in [-0.05, 0) is 48.1 Å². The maximum atomic E-state index is 13.4. The highest BCUT2D eigenvalue weighted by atomic mass is 35.5. The molecule has 0 radical (unpaired) electrons. The van der Waals surface area contributed by atoms with Gasteiger partial charge >= 0.3 is 0 Å². The molecular weight excluding hydrogens is 405 g/mol. The number of ketones is 1. The fraction of sp³-hybridized carbons (Fsp3) is 0.333. The van der Waals surface area contributed by atoms with E-state index in [9.17, 15) is 9.59 Å². The molecule has 2 aromatic carbocycles. The van der Waals surface area contributed by atoms with Crippen LogP contribution in [-0.4, -0.2) is 11.7 Å². The highest BCUT2D eigenvalue weighted by Gasteiger charge is 2.45. The Bertz CT molecular complexity index is 1030. The van der Waals surface area contributed by atoms with Gasteiger partial charge in [0.25, 0.3) is 0 Å². The number of carbonyl (C=O) groups excluding carboxylic acids is 2. The first kappa shape index (κ1) is 20.2. The Labute approximate surface area is 181 Å². The molecule has 3 nitrogen and oxygen atoms in total. The number of Topliss-reactive ketones (excluding diaryl/α,β-unsaturated/α-hetero) is 1. The van der Waals surface area contributed by atoms with Crippen LogP contribution in [0.4, 0.5) is 5.69 Å². The summed E-state index contributed by atoms with van der Waals surface area (Å²) < 4.78 is 0. The Morgan fingerprint density at radius 1 is 0.966 bits per heavy atom. The summed E-state index contributed by atoms with van der Waals surface area (Å²) in [5, 5.41) is 0.980. The molecule has 150 valence electrons. The predicted molar refractivity (Wildman–Crippen MR) is 118 cm³/mol.